The molecule has 0 spiro atoms. The Morgan fingerprint density at radius 2 is 2.08 bits per heavy atom. The molecule has 0 bridgehead atoms. The van der Waals surface area contributed by atoms with Gasteiger partial charge in [0.05, 0.1) is 19.4 Å². The van der Waals surface area contributed by atoms with Crippen LogP contribution in [0.25, 0.3) is 10.8 Å². The van der Waals surface area contributed by atoms with Crippen molar-refractivity contribution in [2.24, 2.45) is 5.73 Å². The van der Waals surface area contributed by atoms with E-state index >= 15 is 0 Å². The number of methoxy groups -OCH3 is 1. The van der Waals surface area contributed by atoms with Gasteiger partial charge in [0.1, 0.15) is 5.76 Å². The molecule has 1 atom stereocenters. The fourth-order valence-corrected chi connectivity index (χ4v) is 4.88. The van der Waals surface area contributed by atoms with Gasteiger partial charge in [0.25, 0.3) is 0 Å². The number of hydrogen-bond donors (Lipinski definition) is 1. The molecule has 0 radical (unpaired) electrons. The largest absolute Gasteiger partial charge is 0.487 e. The SMILES string of the molecule is COc1sc(CCCN2CCCC2)cc1C(N)c1occ2ccccc12. The zero-order valence-corrected chi connectivity index (χ0v) is 16.1. The van der Waals surface area contributed by atoms with Crippen LogP contribution in [0.4, 0.5) is 0 Å². The van der Waals surface area contributed by atoms with Crippen molar-refractivity contribution >= 4 is 22.1 Å². The minimum absolute atomic E-state index is 0.312. The van der Waals surface area contributed by atoms with Crippen LogP contribution >= 0.6 is 11.3 Å². The molecule has 2 N–H and O–H groups in total. The third-order valence-electron chi connectivity index (χ3n) is 5.21. The van der Waals surface area contributed by atoms with E-state index in [0.29, 0.717) is 0 Å². The first-order chi connectivity index (χ1) is 12.8. The molecule has 0 aliphatic carbocycles. The monoisotopic (exact) mass is 370 g/mol. The summed E-state index contributed by atoms with van der Waals surface area (Å²) in [6.45, 7) is 3.70. The topological polar surface area (TPSA) is 51.6 Å². The van der Waals surface area contributed by atoms with Gasteiger partial charge in [-0.2, -0.15) is 0 Å². The van der Waals surface area contributed by atoms with Crippen LogP contribution in [0.3, 0.4) is 0 Å². The van der Waals surface area contributed by atoms with Gasteiger partial charge in [0, 0.05) is 21.2 Å². The number of nitrogens with two attached hydrogens (primary N) is 1. The molecule has 0 saturated carbocycles. The fourth-order valence-electron chi connectivity index (χ4n) is 3.82. The summed E-state index contributed by atoms with van der Waals surface area (Å²) >= 11 is 1.71. The lowest BCUT2D eigenvalue weighted by molar-refractivity contribution is 0.334. The number of nitrogens with zero attached hydrogens (tertiary/aromatic N) is 1. The second-order valence-electron chi connectivity index (χ2n) is 6.98. The molecule has 3 aromatic rings. The molecule has 4 rings (SSSR count). The number of furan rings is 1. The van der Waals surface area contributed by atoms with E-state index in [9.17, 15) is 0 Å². The summed E-state index contributed by atoms with van der Waals surface area (Å²) in [5.74, 6) is 0.806. The van der Waals surface area contributed by atoms with E-state index in [4.69, 9.17) is 14.9 Å². The van der Waals surface area contributed by atoms with Crippen LogP contribution < -0.4 is 10.5 Å². The Labute approximate surface area is 158 Å². The highest BCUT2D eigenvalue weighted by Crippen LogP contribution is 2.39. The van der Waals surface area contributed by atoms with Gasteiger partial charge in [-0.05, 0) is 51.4 Å². The van der Waals surface area contributed by atoms with E-state index < -0.39 is 0 Å². The average molecular weight is 371 g/mol. The molecule has 1 aromatic carbocycles. The molecular formula is C21H26N2O2S. The van der Waals surface area contributed by atoms with Crippen LogP contribution in [0.1, 0.15) is 41.5 Å². The standard InChI is InChI=1S/C21H26N2O2S/c1-24-21-18(13-16(26-21)8-6-12-23-10-4-5-11-23)19(22)20-17-9-3-2-7-15(17)14-25-20/h2-3,7,9,13-14,19H,4-6,8,10-12,22H2,1H3. The molecule has 1 fully saturated rings. The minimum Gasteiger partial charge on any atom is -0.487 e. The molecule has 138 valence electrons. The average Bonchev–Trinajstić information content (AvgIpc) is 3.40. The third kappa shape index (κ3) is 3.52. The number of likely N-dealkylation sites (tertiary alicyclic amines) is 1. The predicted molar refractivity (Wildman–Crippen MR) is 107 cm³/mol. The smallest absolute Gasteiger partial charge is 0.178 e. The van der Waals surface area contributed by atoms with Crippen molar-refractivity contribution in [3.63, 3.8) is 0 Å². The number of ether oxygens (including phenoxy) is 1. The maximum absolute atomic E-state index is 6.57. The Kier molecular flexibility index (Phi) is 5.29. The van der Waals surface area contributed by atoms with Gasteiger partial charge in [0.15, 0.2) is 5.06 Å². The van der Waals surface area contributed by atoms with E-state index in [1.54, 1.807) is 24.7 Å². The van der Waals surface area contributed by atoms with Gasteiger partial charge in [-0.1, -0.05) is 24.3 Å². The first-order valence-corrected chi connectivity index (χ1v) is 10.2. The van der Waals surface area contributed by atoms with Gasteiger partial charge in [-0.25, -0.2) is 0 Å². The quantitative estimate of drug-likeness (QED) is 0.661. The van der Waals surface area contributed by atoms with Gasteiger partial charge in [-0.15, -0.1) is 11.3 Å². The number of aryl methyl sites for hydroxylation is 1. The van der Waals surface area contributed by atoms with Crippen LogP contribution in [0.5, 0.6) is 5.06 Å². The summed E-state index contributed by atoms with van der Waals surface area (Å²) in [5.41, 5.74) is 7.59. The van der Waals surface area contributed by atoms with E-state index in [2.05, 4.69) is 17.0 Å². The summed E-state index contributed by atoms with van der Waals surface area (Å²) in [4.78, 5) is 3.90. The third-order valence-corrected chi connectivity index (χ3v) is 6.39. The van der Waals surface area contributed by atoms with Crippen molar-refractivity contribution in [2.75, 3.05) is 26.7 Å². The Balaban J connectivity index is 1.50. The van der Waals surface area contributed by atoms with E-state index in [0.717, 1.165) is 33.6 Å². The number of thiophene rings is 1. The molecule has 2 aromatic heterocycles. The van der Waals surface area contributed by atoms with Crippen LogP contribution in [0.15, 0.2) is 41.0 Å². The molecular weight excluding hydrogens is 344 g/mol. The van der Waals surface area contributed by atoms with E-state index in [1.165, 1.54) is 43.8 Å². The molecule has 26 heavy (non-hydrogen) atoms. The van der Waals surface area contributed by atoms with Gasteiger partial charge >= 0.3 is 0 Å². The molecule has 5 heteroatoms. The van der Waals surface area contributed by atoms with Crippen molar-refractivity contribution in [2.45, 2.75) is 31.7 Å². The van der Waals surface area contributed by atoms with Crippen LogP contribution in [-0.4, -0.2) is 31.6 Å². The van der Waals surface area contributed by atoms with Crippen molar-refractivity contribution in [3.8, 4) is 5.06 Å². The lowest BCUT2D eigenvalue weighted by Gasteiger charge is -2.13. The van der Waals surface area contributed by atoms with Gasteiger partial charge in [0.2, 0.25) is 0 Å². The Morgan fingerprint density at radius 1 is 1.27 bits per heavy atom. The highest BCUT2D eigenvalue weighted by molar-refractivity contribution is 7.14. The number of benzene rings is 1. The number of rotatable bonds is 7. The summed E-state index contributed by atoms with van der Waals surface area (Å²) in [5, 5.41) is 3.05. The summed E-state index contributed by atoms with van der Waals surface area (Å²) in [6, 6.07) is 10.0. The van der Waals surface area contributed by atoms with E-state index in [-0.39, 0.29) is 6.04 Å². The summed E-state index contributed by atoms with van der Waals surface area (Å²) < 4.78 is 11.4. The molecule has 3 heterocycles. The first-order valence-electron chi connectivity index (χ1n) is 9.37. The second kappa shape index (κ2) is 7.82. The Morgan fingerprint density at radius 3 is 2.88 bits per heavy atom. The van der Waals surface area contributed by atoms with Crippen LogP contribution in [0, 0.1) is 0 Å². The van der Waals surface area contributed by atoms with Crippen molar-refractivity contribution in [1.82, 2.24) is 4.90 Å². The molecule has 1 aliphatic rings. The van der Waals surface area contributed by atoms with E-state index in [1.807, 2.05) is 18.2 Å². The van der Waals surface area contributed by atoms with Crippen molar-refractivity contribution in [3.05, 3.63) is 52.8 Å². The summed E-state index contributed by atoms with van der Waals surface area (Å²) in [6.07, 6.45) is 6.73. The van der Waals surface area contributed by atoms with Gasteiger partial charge in [-0.3, -0.25) is 0 Å². The minimum atomic E-state index is -0.312. The zero-order valence-electron chi connectivity index (χ0n) is 15.2. The first kappa shape index (κ1) is 17.6. The lowest BCUT2D eigenvalue weighted by atomic mass is 10.0. The Bertz CT molecular complexity index is 864. The molecule has 0 amide bonds. The lowest BCUT2D eigenvalue weighted by Crippen LogP contribution is -2.20. The maximum atomic E-state index is 6.57. The zero-order chi connectivity index (χ0) is 17.9. The highest BCUT2D eigenvalue weighted by Gasteiger charge is 2.22. The van der Waals surface area contributed by atoms with Gasteiger partial charge < -0.3 is 19.8 Å². The Hall–Kier alpha value is -1.82. The molecule has 4 nitrogen and oxygen atoms in total. The number of fused-ring (bicyclic) bond motifs is 1. The number of hydrogen-bond acceptors (Lipinski definition) is 5. The second-order valence-corrected chi connectivity index (χ2v) is 8.08. The predicted octanol–water partition coefficient (Wildman–Crippen LogP) is 4.58. The molecule has 1 aliphatic heterocycles. The van der Waals surface area contributed by atoms with Crippen molar-refractivity contribution < 1.29 is 9.15 Å². The fraction of sp³-hybridized carbons (Fsp3) is 0.429. The van der Waals surface area contributed by atoms with Crippen LogP contribution in [0.2, 0.25) is 0 Å². The maximum Gasteiger partial charge on any atom is 0.178 e. The molecule has 1 saturated heterocycles. The molecule has 1 unspecified atom stereocenters. The normalized spacial score (nSPS) is 16.4. The summed E-state index contributed by atoms with van der Waals surface area (Å²) in [7, 11) is 1.72. The van der Waals surface area contributed by atoms with Crippen molar-refractivity contribution in [1.29, 1.82) is 0 Å². The highest BCUT2D eigenvalue weighted by atomic mass is 32.1. The van der Waals surface area contributed by atoms with Crippen LogP contribution in [-0.2, 0) is 6.42 Å².